The normalized spacial score (nSPS) is 10.7. The summed E-state index contributed by atoms with van der Waals surface area (Å²) in [6, 6.07) is 13.1. The van der Waals surface area contributed by atoms with E-state index in [4.69, 9.17) is 21.2 Å². The molecule has 0 aliphatic carbocycles. The average Bonchev–Trinajstić information content (AvgIpc) is 2.99. The third-order valence-electron chi connectivity index (χ3n) is 3.54. The number of benzene rings is 2. The fraction of sp³-hybridized carbons (Fsp3) is 0.222. The second kappa shape index (κ2) is 7.72. The Morgan fingerprint density at radius 3 is 2.76 bits per heavy atom. The van der Waals surface area contributed by atoms with E-state index in [0.29, 0.717) is 16.8 Å². The lowest BCUT2D eigenvalue weighted by atomic mass is 10.2. The van der Waals surface area contributed by atoms with Gasteiger partial charge in [-0.05, 0) is 31.0 Å². The van der Waals surface area contributed by atoms with Crippen LogP contribution >= 0.6 is 22.9 Å². The maximum Gasteiger partial charge on any atom is 0.443 e. The molecular formula is C18H17ClN2O3S. The standard InChI is InChI=1S/C18H17ClN2O3S/c1-3-21(18(22)23-11-13-7-5-4-6-8-13)24-14-9-12(2)16-15(10-14)25-17(19)20-16/h4-10H,3,11H2,1-2H3. The first kappa shape index (κ1) is 17.5. The van der Waals surface area contributed by atoms with Gasteiger partial charge in [0, 0.05) is 6.07 Å². The second-order valence-corrected chi connectivity index (χ2v) is 6.99. The quantitative estimate of drug-likeness (QED) is 0.573. The van der Waals surface area contributed by atoms with Gasteiger partial charge in [-0.1, -0.05) is 41.9 Å². The van der Waals surface area contributed by atoms with Crippen LogP contribution in [-0.2, 0) is 11.3 Å². The number of amides is 1. The molecule has 1 aromatic heterocycles. The van der Waals surface area contributed by atoms with E-state index in [1.54, 1.807) is 0 Å². The Balaban J connectivity index is 1.70. The van der Waals surface area contributed by atoms with E-state index in [1.165, 1.54) is 16.4 Å². The van der Waals surface area contributed by atoms with E-state index in [9.17, 15) is 4.79 Å². The summed E-state index contributed by atoms with van der Waals surface area (Å²) in [6.07, 6.45) is -0.536. The van der Waals surface area contributed by atoms with Crippen molar-refractivity contribution in [2.24, 2.45) is 0 Å². The molecule has 0 radical (unpaired) electrons. The number of nitrogens with zero attached hydrogens (tertiary/aromatic N) is 2. The minimum atomic E-state index is -0.536. The van der Waals surface area contributed by atoms with Gasteiger partial charge in [0.25, 0.3) is 0 Å². The van der Waals surface area contributed by atoms with E-state index in [0.717, 1.165) is 21.3 Å². The van der Waals surface area contributed by atoms with Crippen molar-refractivity contribution in [1.29, 1.82) is 0 Å². The number of aryl methyl sites for hydroxylation is 1. The molecule has 25 heavy (non-hydrogen) atoms. The van der Waals surface area contributed by atoms with Crippen LogP contribution in [0.4, 0.5) is 4.79 Å². The molecule has 0 saturated heterocycles. The number of hydrogen-bond donors (Lipinski definition) is 0. The van der Waals surface area contributed by atoms with Crippen LogP contribution in [-0.4, -0.2) is 22.7 Å². The molecule has 7 heteroatoms. The van der Waals surface area contributed by atoms with E-state index < -0.39 is 6.09 Å². The number of aromatic nitrogens is 1. The number of halogens is 1. The van der Waals surface area contributed by atoms with Crippen molar-refractivity contribution < 1.29 is 14.4 Å². The number of hydrogen-bond acceptors (Lipinski definition) is 5. The third kappa shape index (κ3) is 4.21. The number of thiazole rings is 1. The summed E-state index contributed by atoms with van der Waals surface area (Å²) >= 11 is 7.34. The molecule has 0 atom stereocenters. The first-order chi connectivity index (χ1) is 12.1. The molecule has 0 spiro atoms. The molecule has 0 bridgehead atoms. The van der Waals surface area contributed by atoms with Gasteiger partial charge in [-0.25, -0.2) is 9.78 Å². The van der Waals surface area contributed by atoms with Crippen LogP contribution in [0.15, 0.2) is 42.5 Å². The molecule has 1 amide bonds. The van der Waals surface area contributed by atoms with Crippen LogP contribution in [0.2, 0.25) is 4.47 Å². The summed E-state index contributed by atoms with van der Waals surface area (Å²) in [6.45, 7) is 4.30. The topological polar surface area (TPSA) is 51.7 Å². The van der Waals surface area contributed by atoms with Crippen molar-refractivity contribution in [2.45, 2.75) is 20.5 Å². The zero-order chi connectivity index (χ0) is 17.8. The smallest absolute Gasteiger partial charge is 0.442 e. The monoisotopic (exact) mass is 376 g/mol. The molecule has 1 heterocycles. The van der Waals surface area contributed by atoms with Crippen molar-refractivity contribution in [3.63, 3.8) is 0 Å². The highest BCUT2D eigenvalue weighted by molar-refractivity contribution is 7.22. The highest BCUT2D eigenvalue weighted by Gasteiger charge is 2.17. The van der Waals surface area contributed by atoms with Crippen LogP contribution in [0, 0.1) is 6.92 Å². The molecule has 2 aromatic carbocycles. The molecule has 0 saturated carbocycles. The minimum Gasteiger partial charge on any atom is -0.442 e. The zero-order valence-corrected chi connectivity index (χ0v) is 15.4. The number of carbonyl (C=O) groups excluding carboxylic acids is 1. The molecule has 5 nitrogen and oxygen atoms in total. The highest BCUT2D eigenvalue weighted by atomic mass is 35.5. The van der Waals surface area contributed by atoms with Gasteiger partial charge in [0.05, 0.1) is 16.8 Å². The van der Waals surface area contributed by atoms with Crippen LogP contribution in [0.5, 0.6) is 5.75 Å². The average molecular weight is 377 g/mol. The summed E-state index contributed by atoms with van der Waals surface area (Å²) in [5.41, 5.74) is 2.70. The Morgan fingerprint density at radius 2 is 2.04 bits per heavy atom. The summed E-state index contributed by atoms with van der Waals surface area (Å²) in [7, 11) is 0. The third-order valence-corrected chi connectivity index (χ3v) is 4.65. The van der Waals surface area contributed by atoms with Crippen LogP contribution < -0.4 is 4.84 Å². The predicted molar refractivity (Wildman–Crippen MR) is 99.0 cm³/mol. The fourth-order valence-electron chi connectivity index (χ4n) is 2.34. The van der Waals surface area contributed by atoms with Gasteiger partial charge in [0.1, 0.15) is 6.61 Å². The summed E-state index contributed by atoms with van der Waals surface area (Å²) in [4.78, 5) is 22.2. The lowest BCUT2D eigenvalue weighted by Crippen LogP contribution is -2.34. The van der Waals surface area contributed by atoms with Crippen LogP contribution in [0.25, 0.3) is 10.2 Å². The van der Waals surface area contributed by atoms with Crippen molar-refractivity contribution in [1.82, 2.24) is 10.0 Å². The molecule has 3 rings (SSSR count). The second-order valence-electron chi connectivity index (χ2n) is 5.38. The van der Waals surface area contributed by atoms with E-state index in [-0.39, 0.29) is 6.61 Å². The molecule has 0 aliphatic heterocycles. The van der Waals surface area contributed by atoms with Gasteiger partial charge in [0.15, 0.2) is 10.2 Å². The summed E-state index contributed by atoms with van der Waals surface area (Å²) < 4.78 is 6.69. The van der Waals surface area contributed by atoms with Gasteiger partial charge in [-0.3, -0.25) is 0 Å². The van der Waals surface area contributed by atoms with Crippen LogP contribution in [0.1, 0.15) is 18.1 Å². The first-order valence-electron chi connectivity index (χ1n) is 7.79. The first-order valence-corrected chi connectivity index (χ1v) is 8.99. The fourth-order valence-corrected chi connectivity index (χ4v) is 3.47. The maximum atomic E-state index is 12.3. The van der Waals surface area contributed by atoms with Gasteiger partial charge in [0.2, 0.25) is 0 Å². The minimum absolute atomic E-state index is 0.196. The molecule has 130 valence electrons. The van der Waals surface area contributed by atoms with Crippen LogP contribution in [0.3, 0.4) is 0 Å². The summed E-state index contributed by atoms with van der Waals surface area (Å²) in [5.74, 6) is 0.545. The Hall–Kier alpha value is -2.31. The van der Waals surface area contributed by atoms with E-state index in [2.05, 4.69) is 4.98 Å². The Morgan fingerprint density at radius 1 is 1.28 bits per heavy atom. The predicted octanol–water partition coefficient (Wildman–Crippen LogP) is 5.21. The zero-order valence-electron chi connectivity index (χ0n) is 13.9. The Kier molecular flexibility index (Phi) is 5.40. The van der Waals surface area contributed by atoms with Gasteiger partial charge in [-0.15, -0.1) is 16.4 Å². The molecule has 0 aliphatic rings. The molecular weight excluding hydrogens is 360 g/mol. The number of carbonyl (C=O) groups is 1. The Labute approximate surface area is 154 Å². The highest BCUT2D eigenvalue weighted by Crippen LogP contribution is 2.32. The summed E-state index contributed by atoms with van der Waals surface area (Å²) in [5, 5.41) is 1.19. The van der Waals surface area contributed by atoms with Crippen molar-refractivity contribution in [3.05, 3.63) is 58.1 Å². The van der Waals surface area contributed by atoms with E-state index in [1.807, 2.05) is 56.3 Å². The SMILES string of the molecule is CCN(Oc1cc(C)c2nc(Cl)sc2c1)C(=O)OCc1ccccc1. The molecule has 0 unspecified atom stereocenters. The lowest BCUT2D eigenvalue weighted by molar-refractivity contribution is -0.0465. The number of hydroxylamine groups is 2. The number of rotatable bonds is 5. The number of ether oxygens (including phenoxy) is 1. The van der Waals surface area contributed by atoms with Crippen molar-refractivity contribution in [2.75, 3.05) is 6.54 Å². The lowest BCUT2D eigenvalue weighted by Gasteiger charge is -2.20. The van der Waals surface area contributed by atoms with Crippen molar-refractivity contribution >= 4 is 39.2 Å². The Bertz CT molecular complexity index is 883. The molecule has 3 aromatic rings. The van der Waals surface area contributed by atoms with Gasteiger partial charge < -0.3 is 9.57 Å². The number of fused-ring (bicyclic) bond motifs is 1. The molecule has 0 N–H and O–H groups in total. The van der Waals surface area contributed by atoms with Gasteiger partial charge >= 0.3 is 6.09 Å². The maximum absolute atomic E-state index is 12.3. The molecule has 0 fully saturated rings. The van der Waals surface area contributed by atoms with Gasteiger partial charge in [-0.2, -0.15) is 0 Å². The van der Waals surface area contributed by atoms with Crippen molar-refractivity contribution in [3.8, 4) is 5.75 Å². The largest absolute Gasteiger partial charge is 0.443 e. The van der Waals surface area contributed by atoms with E-state index >= 15 is 0 Å².